The molecular weight excluding hydrogens is 498 g/mol. The third-order valence-electron chi connectivity index (χ3n) is 7.39. The molecule has 0 radical (unpaired) electrons. The number of fused-ring (bicyclic) bond motifs is 1. The summed E-state index contributed by atoms with van der Waals surface area (Å²) in [6.45, 7) is 7.70. The topological polar surface area (TPSA) is 70.0 Å². The molecule has 1 saturated heterocycles. The van der Waals surface area contributed by atoms with Crippen molar-refractivity contribution < 1.29 is 9.59 Å². The van der Waals surface area contributed by atoms with E-state index < -0.39 is 11.7 Å². The zero-order valence-corrected chi connectivity index (χ0v) is 22.7. The minimum atomic E-state index is -0.662. The Morgan fingerprint density at radius 3 is 2.02 bits per heavy atom. The average molecular weight is 530 g/mol. The van der Waals surface area contributed by atoms with E-state index in [4.69, 9.17) is 0 Å². The van der Waals surface area contributed by atoms with Gasteiger partial charge >= 0.3 is 0 Å². The lowest BCUT2D eigenvalue weighted by Gasteiger charge is -2.37. The number of benzene rings is 2. The third-order valence-corrected chi connectivity index (χ3v) is 7.39. The maximum Gasteiger partial charge on any atom is 0.298 e. The van der Waals surface area contributed by atoms with Gasteiger partial charge in [0.1, 0.15) is 5.69 Å². The van der Waals surface area contributed by atoms with E-state index in [-0.39, 0.29) is 0 Å². The summed E-state index contributed by atoms with van der Waals surface area (Å²) in [6.07, 6.45) is 1.81. The van der Waals surface area contributed by atoms with Crippen LogP contribution >= 0.6 is 0 Å². The van der Waals surface area contributed by atoms with Gasteiger partial charge in [-0.05, 0) is 74.0 Å². The van der Waals surface area contributed by atoms with E-state index in [2.05, 4.69) is 32.2 Å². The Labute approximate surface area is 233 Å². The predicted octanol–water partition coefficient (Wildman–Crippen LogP) is 5.77. The SMILES string of the molecule is Cc1cc(N2CCN(c3ccc(NC(=O)C(=O)c4c(-c5ccccc5)cc5ccccn45)cc3)CC2)cc(C)n1. The molecule has 200 valence electrons. The number of rotatable bonds is 6. The highest BCUT2D eigenvalue weighted by Gasteiger charge is 2.25. The number of pyridine rings is 2. The average Bonchev–Trinajstić information content (AvgIpc) is 3.37. The maximum absolute atomic E-state index is 13.5. The number of nitrogens with zero attached hydrogens (tertiary/aromatic N) is 4. The molecule has 0 atom stereocenters. The fraction of sp³-hybridized carbons (Fsp3) is 0.182. The van der Waals surface area contributed by atoms with Gasteiger partial charge in [0.25, 0.3) is 11.7 Å². The zero-order chi connectivity index (χ0) is 27.6. The molecule has 4 heterocycles. The zero-order valence-electron chi connectivity index (χ0n) is 22.7. The molecule has 1 aliphatic heterocycles. The maximum atomic E-state index is 13.5. The molecule has 1 aliphatic rings. The number of carbonyl (C=O) groups is 2. The van der Waals surface area contributed by atoms with E-state index in [1.54, 1.807) is 4.40 Å². The lowest BCUT2D eigenvalue weighted by Crippen LogP contribution is -2.46. The Morgan fingerprint density at radius 2 is 1.35 bits per heavy atom. The van der Waals surface area contributed by atoms with Crippen molar-refractivity contribution in [3.63, 3.8) is 0 Å². The van der Waals surface area contributed by atoms with Gasteiger partial charge < -0.3 is 19.5 Å². The van der Waals surface area contributed by atoms with Crippen molar-refractivity contribution in [3.8, 4) is 11.1 Å². The molecule has 40 heavy (non-hydrogen) atoms. The van der Waals surface area contributed by atoms with Crippen molar-refractivity contribution in [1.29, 1.82) is 0 Å². The van der Waals surface area contributed by atoms with Crippen molar-refractivity contribution in [2.75, 3.05) is 41.3 Å². The normalized spacial score (nSPS) is 13.4. The van der Waals surface area contributed by atoms with Crippen LogP contribution < -0.4 is 15.1 Å². The molecule has 7 nitrogen and oxygen atoms in total. The molecule has 1 N–H and O–H groups in total. The Bertz CT molecular complexity index is 1660. The molecule has 2 aromatic carbocycles. The monoisotopic (exact) mass is 529 g/mol. The van der Waals surface area contributed by atoms with Gasteiger partial charge in [-0.1, -0.05) is 36.4 Å². The van der Waals surface area contributed by atoms with Gasteiger partial charge in [0, 0.05) is 71.9 Å². The highest BCUT2D eigenvalue weighted by Crippen LogP contribution is 2.29. The molecular formula is C33H31N5O2. The number of aryl methyl sites for hydroxylation is 2. The van der Waals surface area contributed by atoms with Gasteiger partial charge in [-0.3, -0.25) is 14.6 Å². The summed E-state index contributed by atoms with van der Waals surface area (Å²) >= 11 is 0. The molecule has 0 saturated carbocycles. The van der Waals surface area contributed by atoms with Crippen LogP contribution in [0.5, 0.6) is 0 Å². The number of amides is 1. The van der Waals surface area contributed by atoms with Crippen LogP contribution in [0, 0.1) is 13.8 Å². The number of hydrogen-bond acceptors (Lipinski definition) is 5. The first-order chi connectivity index (χ1) is 19.5. The second-order valence-electron chi connectivity index (χ2n) is 10.2. The lowest BCUT2D eigenvalue weighted by atomic mass is 10.0. The molecule has 0 spiro atoms. The first-order valence-corrected chi connectivity index (χ1v) is 13.5. The highest BCUT2D eigenvalue weighted by atomic mass is 16.2. The molecule has 1 fully saturated rings. The Hall–Kier alpha value is -4.91. The molecule has 0 unspecified atom stereocenters. The van der Waals surface area contributed by atoms with E-state index >= 15 is 0 Å². The second kappa shape index (κ2) is 10.7. The van der Waals surface area contributed by atoms with Gasteiger partial charge in [0.2, 0.25) is 0 Å². The summed E-state index contributed by atoms with van der Waals surface area (Å²) in [5.41, 5.74) is 7.81. The molecule has 7 heteroatoms. The van der Waals surface area contributed by atoms with Crippen LogP contribution in [0.1, 0.15) is 21.9 Å². The number of aromatic nitrogens is 2. The smallest absolute Gasteiger partial charge is 0.298 e. The quantitative estimate of drug-likeness (QED) is 0.224. The summed E-state index contributed by atoms with van der Waals surface area (Å²) < 4.78 is 1.78. The van der Waals surface area contributed by atoms with Gasteiger partial charge in [0.15, 0.2) is 0 Å². The number of nitrogens with one attached hydrogen (secondary N) is 1. The number of carbonyl (C=O) groups excluding carboxylic acids is 2. The Kier molecular flexibility index (Phi) is 6.78. The predicted molar refractivity (Wildman–Crippen MR) is 160 cm³/mol. The van der Waals surface area contributed by atoms with Crippen molar-refractivity contribution in [2.45, 2.75) is 13.8 Å². The number of piperazine rings is 1. The highest BCUT2D eigenvalue weighted by molar-refractivity contribution is 6.47. The fourth-order valence-corrected chi connectivity index (χ4v) is 5.46. The second-order valence-corrected chi connectivity index (χ2v) is 10.2. The first-order valence-electron chi connectivity index (χ1n) is 13.5. The number of Topliss-reactive ketones (excluding diaryl/α,β-unsaturated/α-hetero) is 1. The van der Waals surface area contributed by atoms with E-state index in [1.165, 1.54) is 5.69 Å². The Morgan fingerprint density at radius 1 is 0.725 bits per heavy atom. The fourth-order valence-electron chi connectivity index (χ4n) is 5.46. The van der Waals surface area contributed by atoms with Crippen LogP contribution in [0.3, 0.4) is 0 Å². The molecule has 0 aliphatic carbocycles. The van der Waals surface area contributed by atoms with E-state index in [0.717, 1.165) is 59.9 Å². The van der Waals surface area contributed by atoms with E-state index in [0.29, 0.717) is 11.4 Å². The molecule has 6 rings (SSSR count). The third kappa shape index (κ3) is 5.06. The minimum absolute atomic E-state index is 0.355. The standard InChI is InChI=1S/C33H31N5O2/c1-23-20-29(21-24(2)34-23)37-18-16-36(17-19-37)27-13-11-26(12-14-27)35-33(40)32(39)31-30(25-8-4-3-5-9-25)22-28-10-6-7-15-38(28)31/h3-15,20-22H,16-19H2,1-2H3,(H,35,40). The van der Waals surface area contributed by atoms with Crippen molar-refractivity contribution in [3.05, 3.63) is 114 Å². The Balaban J connectivity index is 1.14. The lowest BCUT2D eigenvalue weighted by molar-refractivity contribution is -0.112. The molecule has 3 aromatic heterocycles. The van der Waals surface area contributed by atoms with Crippen LogP contribution in [0.25, 0.3) is 16.6 Å². The largest absolute Gasteiger partial charge is 0.368 e. The summed E-state index contributed by atoms with van der Waals surface area (Å²) in [5, 5.41) is 2.81. The van der Waals surface area contributed by atoms with Gasteiger partial charge in [-0.15, -0.1) is 0 Å². The summed E-state index contributed by atoms with van der Waals surface area (Å²) in [5.74, 6) is -1.24. The van der Waals surface area contributed by atoms with Gasteiger partial charge in [0.05, 0.1) is 0 Å². The van der Waals surface area contributed by atoms with Crippen LogP contribution in [-0.4, -0.2) is 47.3 Å². The van der Waals surface area contributed by atoms with E-state index in [1.807, 2.05) is 98.9 Å². The molecule has 5 aromatic rings. The van der Waals surface area contributed by atoms with Gasteiger partial charge in [-0.2, -0.15) is 0 Å². The molecule has 1 amide bonds. The summed E-state index contributed by atoms with van der Waals surface area (Å²) in [6, 6.07) is 29.3. The molecule has 0 bridgehead atoms. The van der Waals surface area contributed by atoms with Gasteiger partial charge in [-0.25, -0.2) is 0 Å². The van der Waals surface area contributed by atoms with Crippen molar-refractivity contribution in [2.24, 2.45) is 0 Å². The summed E-state index contributed by atoms with van der Waals surface area (Å²) in [7, 11) is 0. The van der Waals surface area contributed by atoms with E-state index in [9.17, 15) is 9.59 Å². The minimum Gasteiger partial charge on any atom is -0.368 e. The van der Waals surface area contributed by atoms with Crippen LogP contribution in [0.2, 0.25) is 0 Å². The van der Waals surface area contributed by atoms with Crippen LogP contribution in [0.4, 0.5) is 17.1 Å². The van der Waals surface area contributed by atoms with Crippen molar-refractivity contribution >= 4 is 34.3 Å². The number of anilines is 3. The first kappa shape index (κ1) is 25.4. The number of ketones is 1. The number of hydrogen-bond donors (Lipinski definition) is 1. The van der Waals surface area contributed by atoms with Crippen LogP contribution in [-0.2, 0) is 4.79 Å². The summed E-state index contributed by atoms with van der Waals surface area (Å²) in [4.78, 5) is 35.8. The van der Waals surface area contributed by atoms with Crippen molar-refractivity contribution in [1.82, 2.24) is 9.38 Å². The van der Waals surface area contributed by atoms with Crippen LogP contribution in [0.15, 0.2) is 97.2 Å².